The highest BCUT2D eigenvalue weighted by Crippen LogP contribution is 2.28. The van der Waals surface area contributed by atoms with E-state index in [-0.39, 0.29) is 17.3 Å². The number of ether oxygens (including phenoxy) is 1. The molecule has 1 aliphatic rings. The first kappa shape index (κ1) is 26.8. The molecule has 5 N–H and O–H groups in total. The minimum absolute atomic E-state index is 0.141. The molecule has 1 saturated heterocycles. The topological polar surface area (TPSA) is 128 Å². The number of amides is 3. The Morgan fingerprint density at radius 1 is 1.14 bits per heavy atom. The normalized spacial score (nSPS) is 15.3. The third-order valence-electron chi connectivity index (χ3n) is 5.79. The maximum Gasteiger partial charge on any atom is 0.317 e. The number of benzene rings is 2. The zero-order chi connectivity index (χ0) is 26.2. The highest BCUT2D eigenvalue weighted by Gasteiger charge is 2.24. The number of primary amides is 2. The number of nitrogens with two attached hydrogens (primary N) is 2. The second-order valence-corrected chi connectivity index (χ2v) is 8.39. The fourth-order valence-electron chi connectivity index (χ4n) is 4.15. The first-order valence-corrected chi connectivity index (χ1v) is 11.4. The van der Waals surface area contributed by atoms with Crippen LogP contribution in [0.3, 0.4) is 0 Å². The van der Waals surface area contributed by atoms with Gasteiger partial charge in [0.15, 0.2) is 5.82 Å². The molecule has 3 amide bonds. The van der Waals surface area contributed by atoms with Crippen LogP contribution in [-0.2, 0) is 4.74 Å². The largest absolute Gasteiger partial charge is 0.383 e. The number of nitrogens with one attached hydrogen (secondary N) is 1. The molecule has 36 heavy (non-hydrogen) atoms. The van der Waals surface area contributed by atoms with Gasteiger partial charge in [0.25, 0.3) is 5.91 Å². The number of hydrogen-bond acceptors (Lipinski definition) is 5. The minimum Gasteiger partial charge on any atom is -0.383 e. The Kier molecular flexibility index (Phi) is 9.09. The lowest BCUT2D eigenvalue weighted by Crippen LogP contribution is -2.24. The molecule has 1 atom stereocenters. The molecule has 2 aromatic carbocycles. The Morgan fingerprint density at radius 3 is 2.39 bits per heavy atom. The Balaban J connectivity index is 0.000000202. The number of nitrogens with zero attached hydrogens (tertiary/aromatic N) is 3. The molecule has 0 aliphatic carbocycles. The van der Waals surface area contributed by atoms with E-state index in [2.05, 4.69) is 15.3 Å². The van der Waals surface area contributed by atoms with E-state index in [0.29, 0.717) is 18.0 Å². The van der Waals surface area contributed by atoms with Crippen molar-refractivity contribution in [2.45, 2.75) is 19.3 Å². The number of aromatic nitrogens is 2. The molecule has 11 heteroatoms. The second kappa shape index (κ2) is 12.2. The van der Waals surface area contributed by atoms with E-state index in [9.17, 15) is 18.4 Å². The summed E-state index contributed by atoms with van der Waals surface area (Å²) in [7, 11) is 1.68. The molecule has 2 heterocycles. The van der Waals surface area contributed by atoms with Crippen molar-refractivity contribution in [2.24, 2.45) is 11.5 Å². The fraction of sp³-hybridized carbons (Fsp3) is 0.320. The minimum atomic E-state index is -0.792. The van der Waals surface area contributed by atoms with Gasteiger partial charge in [-0.05, 0) is 55.6 Å². The van der Waals surface area contributed by atoms with Crippen LogP contribution in [0.4, 0.5) is 19.4 Å². The zero-order valence-electron chi connectivity index (χ0n) is 20.2. The maximum atomic E-state index is 13.1. The van der Waals surface area contributed by atoms with Gasteiger partial charge in [-0.15, -0.1) is 0 Å². The number of anilines is 1. The number of aryl methyl sites for hydroxylation is 1. The predicted molar refractivity (Wildman–Crippen MR) is 132 cm³/mol. The molecule has 1 unspecified atom stereocenters. The number of halogens is 2. The van der Waals surface area contributed by atoms with E-state index in [1.54, 1.807) is 26.2 Å². The van der Waals surface area contributed by atoms with Gasteiger partial charge in [0.05, 0.1) is 18.0 Å². The first-order chi connectivity index (χ1) is 17.2. The van der Waals surface area contributed by atoms with Crippen LogP contribution in [0.15, 0.2) is 48.5 Å². The second-order valence-electron chi connectivity index (χ2n) is 8.39. The summed E-state index contributed by atoms with van der Waals surface area (Å²) in [6.45, 7) is 5.03. The number of carbonyl (C=O) groups excluding carboxylic acids is 2. The van der Waals surface area contributed by atoms with Crippen LogP contribution in [0.2, 0.25) is 0 Å². The molecule has 1 fully saturated rings. The van der Waals surface area contributed by atoms with Gasteiger partial charge >= 0.3 is 6.03 Å². The number of urea groups is 1. The van der Waals surface area contributed by atoms with Crippen molar-refractivity contribution in [1.82, 2.24) is 14.7 Å². The SMILES string of the molecule is COCCN1CCC(c2cc(F)cc(F)c2)C1.Cc1nn(-c2ccccc2)c(NC(N)=O)c1C(N)=O. The lowest BCUT2D eigenvalue weighted by atomic mass is 9.98. The van der Waals surface area contributed by atoms with Crippen molar-refractivity contribution in [1.29, 1.82) is 0 Å². The Hall–Kier alpha value is -3.83. The van der Waals surface area contributed by atoms with Crippen molar-refractivity contribution in [3.63, 3.8) is 0 Å². The number of likely N-dealkylation sites (tertiary alicyclic amines) is 1. The van der Waals surface area contributed by atoms with Gasteiger partial charge in [0.2, 0.25) is 0 Å². The van der Waals surface area contributed by atoms with E-state index in [0.717, 1.165) is 37.7 Å². The number of rotatable bonds is 7. The molecule has 0 radical (unpaired) electrons. The summed E-state index contributed by atoms with van der Waals surface area (Å²) in [5.41, 5.74) is 12.4. The van der Waals surface area contributed by atoms with E-state index >= 15 is 0 Å². The van der Waals surface area contributed by atoms with Crippen LogP contribution in [0.5, 0.6) is 0 Å². The number of para-hydroxylation sites is 1. The highest BCUT2D eigenvalue weighted by molar-refractivity contribution is 6.02. The van der Waals surface area contributed by atoms with Gasteiger partial charge < -0.3 is 21.1 Å². The van der Waals surface area contributed by atoms with Crippen LogP contribution in [-0.4, -0.2) is 60.0 Å². The molecule has 0 bridgehead atoms. The van der Waals surface area contributed by atoms with Crippen LogP contribution in [0.25, 0.3) is 5.69 Å². The third-order valence-corrected chi connectivity index (χ3v) is 5.79. The quantitative estimate of drug-likeness (QED) is 0.459. The standard InChI is InChI=1S/C13H17F2NO.C12H13N5O2/c1-17-5-4-16-3-2-10(9-16)11-6-12(14)8-13(15)7-11;1-7-9(10(13)18)11(15-12(14)19)17(16-7)8-5-3-2-4-6-8/h6-8,10H,2-5,9H2,1H3;2-6H,1H3,(H2,13,18)(H3,14,15,19). The molecule has 0 saturated carbocycles. The van der Waals surface area contributed by atoms with Gasteiger partial charge in [0, 0.05) is 26.3 Å². The van der Waals surface area contributed by atoms with Crippen molar-refractivity contribution in [2.75, 3.05) is 38.7 Å². The summed E-state index contributed by atoms with van der Waals surface area (Å²) in [6.07, 6.45) is 0.951. The Bertz CT molecular complexity index is 1180. The molecule has 0 spiro atoms. The van der Waals surface area contributed by atoms with E-state index in [4.69, 9.17) is 16.2 Å². The third kappa shape index (κ3) is 6.86. The molecular weight excluding hydrogens is 470 g/mol. The van der Waals surface area contributed by atoms with Crippen LogP contribution in [0.1, 0.15) is 34.0 Å². The van der Waals surface area contributed by atoms with Gasteiger partial charge in [-0.25, -0.2) is 18.3 Å². The molecule has 1 aromatic heterocycles. The Morgan fingerprint density at radius 2 is 1.81 bits per heavy atom. The van der Waals surface area contributed by atoms with E-state index < -0.39 is 23.6 Å². The molecule has 4 rings (SSSR count). The molecule has 3 aromatic rings. The molecule has 1 aliphatic heterocycles. The van der Waals surface area contributed by atoms with E-state index in [1.807, 2.05) is 18.2 Å². The van der Waals surface area contributed by atoms with Crippen molar-refractivity contribution in [3.05, 3.63) is 77.0 Å². The number of methoxy groups -OCH3 is 1. The molecule has 9 nitrogen and oxygen atoms in total. The summed E-state index contributed by atoms with van der Waals surface area (Å²) in [4.78, 5) is 24.8. The van der Waals surface area contributed by atoms with Gasteiger partial charge in [0.1, 0.15) is 17.2 Å². The summed E-state index contributed by atoms with van der Waals surface area (Å²) in [5.74, 6) is -1.25. The maximum absolute atomic E-state index is 13.1. The predicted octanol–water partition coefficient (Wildman–Crippen LogP) is 3.17. The van der Waals surface area contributed by atoms with Crippen LogP contribution < -0.4 is 16.8 Å². The van der Waals surface area contributed by atoms with Crippen molar-refractivity contribution < 1.29 is 23.1 Å². The van der Waals surface area contributed by atoms with Crippen LogP contribution in [0, 0.1) is 18.6 Å². The zero-order valence-corrected chi connectivity index (χ0v) is 20.2. The summed E-state index contributed by atoms with van der Waals surface area (Å²) >= 11 is 0. The van der Waals surface area contributed by atoms with Gasteiger partial charge in [-0.3, -0.25) is 10.1 Å². The number of carbonyl (C=O) groups is 2. The van der Waals surface area contributed by atoms with Gasteiger partial charge in [-0.2, -0.15) is 5.10 Å². The first-order valence-electron chi connectivity index (χ1n) is 11.4. The lowest BCUT2D eigenvalue weighted by molar-refractivity contribution is 0.100. The molecule has 192 valence electrons. The molecular formula is C25H30F2N6O3. The van der Waals surface area contributed by atoms with Crippen molar-refractivity contribution >= 4 is 17.8 Å². The lowest BCUT2D eigenvalue weighted by Gasteiger charge is -2.15. The monoisotopic (exact) mass is 500 g/mol. The van der Waals surface area contributed by atoms with Crippen LogP contribution >= 0.6 is 0 Å². The summed E-state index contributed by atoms with van der Waals surface area (Å²) in [6, 6.07) is 12.0. The average Bonchev–Trinajstić information content (AvgIpc) is 3.42. The van der Waals surface area contributed by atoms with Gasteiger partial charge in [-0.1, -0.05) is 18.2 Å². The Labute approximate surface area is 208 Å². The van der Waals surface area contributed by atoms with Crippen molar-refractivity contribution in [3.8, 4) is 5.69 Å². The average molecular weight is 501 g/mol. The highest BCUT2D eigenvalue weighted by atomic mass is 19.1. The smallest absolute Gasteiger partial charge is 0.317 e. The summed E-state index contributed by atoms with van der Waals surface area (Å²) in [5, 5.41) is 6.58. The fourth-order valence-corrected chi connectivity index (χ4v) is 4.15. The number of hydrogen-bond donors (Lipinski definition) is 3. The summed E-state index contributed by atoms with van der Waals surface area (Å²) < 4.78 is 32.7. The van der Waals surface area contributed by atoms with E-state index in [1.165, 1.54) is 16.8 Å².